The third-order valence-corrected chi connectivity index (χ3v) is 3.96. The van der Waals surface area contributed by atoms with Gasteiger partial charge in [0.1, 0.15) is 11.7 Å². The maximum absolute atomic E-state index is 12.4. The molecule has 4 nitrogen and oxygen atoms in total. The first-order valence-electron chi connectivity index (χ1n) is 7.68. The Morgan fingerprint density at radius 2 is 1.83 bits per heavy atom. The highest BCUT2D eigenvalue weighted by Crippen LogP contribution is 2.26. The minimum atomic E-state index is -0.380. The predicted molar refractivity (Wildman–Crippen MR) is 87.9 cm³/mol. The van der Waals surface area contributed by atoms with Crippen LogP contribution in [-0.4, -0.2) is 44.2 Å². The smallest absolute Gasteiger partial charge is 0.374 e. The number of ether oxygens (including phenoxy) is 1. The quantitative estimate of drug-likeness (QED) is 0.396. The second-order valence-corrected chi connectivity index (χ2v) is 7.11. The summed E-state index contributed by atoms with van der Waals surface area (Å²) in [7, 11) is 6.40. The lowest BCUT2D eigenvalue weighted by Gasteiger charge is -2.30. The molecule has 5 heteroatoms. The molecule has 2 atom stereocenters. The van der Waals surface area contributed by atoms with Crippen molar-refractivity contribution in [2.75, 3.05) is 27.7 Å². The van der Waals surface area contributed by atoms with Crippen LogP contribution in [0.1, 0.15) is 30.0 Å². The van der Waals surface area contributed by atoms with Gasteiger partial charge >= 0.3 is 5.97 Å². The van der Waals surface area contributed by atoms with E-state index in [1.54, 1.807) is 0 Å². The zero-order valence-electron chi connectivity index (χ0n) is 14.7. The molecule has 0 saturated carbocycles. The van der Waals surface area contributed by atoms with Crippen LogP contribution in [0.25, 0.3) is 11.0 Å². The number of furan rings is 1. The molecule has 0 amide bonds. The van der Waals surface area contributed by atoms with Crippen LogP contribution in [0.2, 0.25) is 0 Å². The normalized spacial score (nSPS) is 14.2. The monoisotopic (exact) mass is 431 g/mol. The fourth-order valence-corrected chi connectivity index (χ4v) is 2.72. The molecule has 1 aromatic heterocycles. The number of benzene rings is 1. The molecule has 0 fully saturated rings. The molecule has 2 rings (SSSR count). The highest BCUT2D eigenvalue weighted by molar-refractivity contribution is 5.95. The number of rotatable bonds is 5. The average molecular weight is 431 g/mol. The Morgan fingerprint density at radius 1 is 1.22 bits per heavy atom. The highest BCUT2D eigenvalue weighted by Gasteiger charge is 2.26. The molecule has 0 aliphatic rings. The molecule has 2 unspecified atom stereocenters. The van der Waals surface area contributed by atoms with Gasteiger partial charge in [-0.2, -0.15) is 0 Å². The van der Waals surface area contributed by atoms with Crippen LogP contribution in [0.4, 0.5) is 0 Å². The number of nitrogens with zero attached hydrogens (tertiary/aromatic N) is 1. The third kappa shape index (κ3) is 4.94. The number of halogens is 1. The van der Waals surface area contributed by atoms with E-state index in [4.69, 9.17) is 9.15 Å². The first-order chi connectivity index (χ1) is 10.2. The summed E-state index contributed by atoms with van der Waals surface area (Å²) in [4.78, 5) is 12.4. The van der Waals surface area contributed by atoms with Gasteiger partial charge in [0, 0.05) is 16.9 Å². The highest BCUT2D eigenvalue weighted by atomic mass is 127. The Kier molecular flexibility index (Phi) is 6.65. The molecule has 0 saturated heterocycles. The van der Waals surface area contributed by atoms with E-state index in [1.165, 1.54) is 0 Å². The van der Waals surface area contributed by atoms with Crippen LogP contribution in [0.3, 0.4) is 0 Å². The molecule has 0 radical (unpaired) electrons. The first kappa shape index (κ1) is 20.0. The van der Waals surface area contributed by atoms with E-state index in [0.717, 1.165) is 27.6 Å². The van der Waals surface area contributed by atoms with Crippen molar-refractivity contribution in [2.24, 2.45) is 5.92 Å². The van der Waals surface area contributed by atoms with Gasteiger partial charge in [0.25, 0.3) is 0 Å². The van der Waals surface area contributed by atoms with E-state index in [9.17, 15) is 4.79 Å². The van der Waals surface area contributed by atoms with Crippen molar-refractivity contribution in [1.82, 2.24) is 0 Å². The van der Waals surface area contributed by atoms with E-state index in [2.05, 4.69) is 28.1 Å². The van der Waals surface area contributed by atoms with Crippen molar-refractivity contribution >= 4 is 16.9 Å². The summed E-state index contributed by atoms with van der Waals surface area (Å²) in [6, 6.07) is 7.65. The Labute approximate surface area is 155 Å². The van der Waals surface area contributed by atoms with Gasteiger partial charge in [-0.15, -0.1) is 0 Å². The molecule has 0 N–H and O–H groups in total. The first-order valence-corrected chi connectivity index (χ1v) is 7.68. The zero-order chi connectivity index (χ0) is 16.5. The van der Waals surface area contributed by atoms with Crippen molar-refractivity contribution in [3.05, 3.63) is 35.6 Å². The number of aryl methyl sites for hydroxylation is 1. The largest absolute Gasteiger partial charge is 1.00 e. The Morgan fingerprint density at radius 3 is 2.39 bits per heavy atom. The van der Waals surface area contributed by atoms with Crippen LogP contribution < -0.4 is 24.0 Å². The van der Waals surface area contributed by atoms with Crippen LogP contribution >= 0.6 is 0 Å². The van der Waals surface area contributed by atoms with Gasteiger partial charge in [0.15, 0.2) is 0 Å². The fraction of sp³-hybridized carbons (Fsp3) is 0.500. The Hall–Kier alpha value is -1.08. The molecule has 1 heterocycles. The molecule has 2 aromatic rings. The summed E-state index contributed by atoms with van der Waals surface area (Å²) >= 11 is 0. The summed E-state index contributed by atoms with van der Waals surface area (Å²) in [5.74, 6) is 0.202. The van der Waals surface area contributed by atoms with Crippen LogP contribution in [-0.2, 0) is 4.74 Å². The molecule has 0 spiro atoms. The number of carbonyl (C=O) groups excluding carboxylic acids is 1. The summed E-state index contributed by atoms with van der Waals surface area (Å²) in [5.41, 5.74) is 1.56. The van der Waals surface area contributed by atoms with Crippen LogP contribution in [0, 0.1) is 12.8 Å². The predicted octanol–water partition coefficient (Wildman–Crippen LogP) is 0.633. The van der Waals surface area contributed by atoms with Crippen molar-refractivity contribution in [2.45, 2.75) is 26.9 Å². The summed E-state index contributed by atoms with van der Waals surface area (Å²) < 4.78 is 12.1. The minimum absolute atomic E-state index is 0. The van der Waals surface area contributed by atoms with Gasteiger partial charge in [-0.3, -0.25) is 0 Å². The second-order valence-electron chi connectivity index (χ2n) is 7.11. The maximum atomic E-state index is 12.4. The topological polar surface area (TPSA) is 39.4 Å². The van der Waals surface area contributed by atoms with Crippen molar-refractivity contribution in [1.29, 1.82) is 0 Å². The average Bonchev–Trinajstić information content (AvgIpc) is 2.75. The van der Waals surface area contributed by atoms with Crippen LogP contribution in [0.15, 0.2) is 28.7 Å². The summed E-state index contributed by atoms with van der Waals surface area (Å²) in [6.45, 7) is 6.87. The van der Waals surface area contributed by atoms with E-state index >= 15 is 0 Å². The second kappa shape index (κ2) is 7.66. The fourth-order valence-electron chi connectivity index (χ4n) is 2.72. The lowest BCUT2D eigenvalue weighted by atomic mass is 10.1. The molecular formula is C18H26INO3. The number of hydrogen-bond acceptors (Lipinski definition) is 3. The number of fused-ring (bicyclic) bond motifs is 1. The summed E-state index contributed by atoms with van der Waals surface area (Å²) in [6.07, 6.45) is -0.155. The van der Waals surface area contributed by atoms with E-state index in [0.29, 0.717) is 5.76 Å². The molecule has 23 heavy (non-hydrogen) atoms. The third-order valence-electron chi connectivity index (χ3n) is 3.96. The molecule has 0 aliphatic heterocycles. The lowest BCUT2D eigenvalue weighted by molar-refractivity contribution is -0.874. The van der Waals surface area contributed by atoms with E-state index < -0.39 is 0 Å². The van der Waals surface area contributed by atoms with Gasteiger partial charge in [-0.1, -0.05) is 25.1 Å². The van der Waals surface area contributed by atoms with Gasteiger partial charge in [0.05, 0.1) is 27.7 Å². The maximum Gasteiger partial charge on any atom is 0.374 e. The molecular weight excluding hydrogens is 405 g/mol. The van der Waals surface area contributed by atoms with Gasteiger partial charge in [0.2, 0.25) is 5.76 Å². The van der Waals surface area contributed by atoms with E-state index in [1.807, 2.05) is 38.1 Å². The number of esters is 1. The zero-order valence-corrected chi connectivity index (χ0v) is 16.9. The van der Waals surface area contributed by atoms with Crippen LogP contribution in [0.5, 0.6) is 0 Å². The molecule has 1 aromatic carbocycles. The molecule has 0 bridgehead atoms. The van der Waals surface area contributed by atoms with Gasteiger partial charge in [-0.05, 0) is 19.9 Å². The van der Waals surface area contributed by atoms with Crippen molar-refractivity contribution in [3.8, 4) is 0 Å². The minimum Gasteiger partial charge on any atom is -1.00 e. The lowest BCUT2D eigenvalue weighted by Crippen LogP contribution is -3.00. The van der Waals surface area contributed by atoms with Gasteiger partial charge < -0.3 is 37.6 Å². The molecule has 0 aliphatic carbocycles. The van der Waals surface area contributed by atoms with Crippen molar-refractivity contribution < 1.29 is 42.4 Å². The van der Waals surface area contributed by atoms with Gasteiger partial charge in [-0.25, -0.2) is 4.79 Å². The summed E-state index contributed by atoms with van der Waals surface area (Å²) in [5, 5.41) is 0.960. The standard InChI is InChI=1S/C18H26NO3.HI/c1-12(11-19(4,5)6)14(3)21-18(20)17-13(2)15-9-7-8-10-16(15)22-17;/h7-10,12,14H,11H2,1-6H3;1H/q+1;/p-1. The van der Waals surface area contributed by atoms with Crippen molar-refractivity contribution in [3.63, 3.8) is 0 Å². The number of carbonyl (C=O) groups is 1. The van der Waals surface area contributed by atoms with E-state index in [-0.39, 0.29) is 42.0 Å². The Balaban J connectivity index is 0.00000264. The number of para-hydroxylation sites is 1. The number of quaternary nitrogens is 1. The Bertz CT molecular complexity index is 672. The number of hydrogen-bond donors (Lipinski definition) is 0. The SMILES string of the molecule is Cc1c(C(=O)OC(C)C(C)C[N+](C)(C)C)oc2ccccc12.[I-]. The molecule has 128 valence electrons.